The third kappa shape index (κ3) is 3.11. The van der Waals surface area contributed by atoms with Crippen molar-refractivity contribution in [2.75, 3.05) is 13.1 Å². The van der Waals surface area contributed by atoms with Crippen LogP contribution in [-0.2, 0) is 13.0 Å². The minimum absolute atomic E-state index is 0.0223. The number of fused-ring (bicyclic) bond motifs is 2. The van der Waals surface area contributed by atoms with Gasteiger partial charge in [0.1, 0.15) is 10.7 Å². The molecule has 6 nitrogen and oxygen atoms in total. The summed E-state index contributed by atoms with van der Waals surface area (Å²) in [6, 6.07) is 0.164. The Morgan fingerprint density at radius 3 is 3.00 bits per heavy atom. The zero-order valence-electron chi connectivity index (χ0n) is 14.6. The molecule has 7 heteroatoms. The maximum atomic E-state index is 13.0. The molecule has 2 aliphatic heterocycles. The zero-order valence-corrected chi connectivity index (χ0v) is 15.4. The molecule has 0 spiro atoms. The number of carbonyl (C=O) groups is 1. The first kappa shape index (κ1) is 16.7. The number of carbonyl (C=O) groups excluding carboxylic acids is 1. The molecule has 25 heavy (non-hydrogen) atoms. The van der Waals surface area contributed by atoms with Crippen molar-refractivity contribution in [3.05, 3.63) is 26.6 Å². The highest BCUT2D eigenvalue weighted by Gasteiger charge is 2.24. The Balaban J connectivity index is 1.71. The van der Waals surface area contributed by atoms with Gasteiger partial charge in [-0.25, -0.2) is 4.98 Å². The van der Waals surface area contributed by atoms with Crippen LogP contribution in [0.5, 0.6) is 0 Å². The van der Waals surface area contributed by atoms with Crippen LogP contribution in [-0.4, -0.2) is 34.6 Å². The van der Waals surface area contributed by atoms with E-state index in [0.29, 0.717) is 15.1 Å². The van der Waals surface area contributed by atoms with Gasteiger partial charge in [0.2, 0.25) is 0 Å². The Hall–Kier alpha value is -1.73. The van der Waals surface area contributed by atoms with Crippen molar-refractivity contribution in [3.63, 3.8) is 0 Å². The van der Waals surface area contributed by atoms with Gasteiger partial charge in [0.25, 0.3) is 11.5 Å². The van der Waals surface area contributed by atoms with Crippen molar-refractivity contribution >= 4 is 27.5 Å². The number of aryl methyl sites for hydroxylation is 2. The van der Waals surface area contributed by atoms with E-state index in [2.05, 4.69) is 10.6 Å². The molecule has 0 radical (unpaired) electrons. The molecule has 0 bridgehead atoms. The summed E-state index contributed by atoms with van der Waals surface area (Å²) in [5, 5.41) is 7.04. The van der Waals surface area contributed by atoms with Crippen molar-refractivity contribution in [2.24, 2.45) is 0 Å². The van der Waals surface area contributed by atoms with Crippen LogP contribution in [0.2, 0.25) is 0 Å². The second-order valence-electron chi connectivity index (χ2n) is 7.05. The lowest BCUT2D eigenvalue weighted by Gasteiger charge is -2.23. The zero-order chi connectivity index (χ0) is 17.4. The van der Waals surface area contributed by atoms with Crippen LogP contribution in [0.15, 0.2) is 4.79 Å². The van der Waals surface area contributed by atoms with E-state index in [1.807, 2.05) is 11.5 Å². The normalized spacial score (nSPS) is 20.9. The van der Waals surface area contributed by atoms with Gasteiger partial charge in [-0.1, -0.05) is 6.42 Å². The van der Waals surface area contributed by atoms with Crippen LogP contribution in [0, 0.1) is 6.92 Å². The highest BCUT2D eigenvalue weighted by molar-refractivity contribution is 7.20. The second-order valence-corrected chi connectivity index (χ2v) is 8.05. The van der Waals surface area contributed by atoms with Crippen LogP contribution < -0.4 is 16.2 Å². The van der Waals surface area contributed by atoms with E-state index in [9.17, 15) is 9.59 Å². The van der Waals surface area contributed by atoms with E-state index < -0.39 is 0 Å². The van der Waals surface area contributed by atoms with Gasteiger partial charge in [0.15, 0.2) is 0 Å². The summed E-state index contributed by atoms with van der Waals surface area (Å²) < 4.78 is 1.82. The van der Waals surface area contributed by atoms with Gasteiger partial charge in [-0.05, 0) is 44.7 Å². The van der Waals surface area contributed by atoms with E-state index in [1.54, 1.807) is 0 Å². The predicted octanol–water partition coefficient (Wildman–Crippen LogP) is 1.97. The SMILES string of the molecule is Cc1c(C(=O)NC2CCCNC2)sc2nc3n(c(=O)c12)CCCCC3. The molecule has 2 aliphatic rings. The number of piperidine rings is 1. The van der Waals surface area contributed by atoms with Gasteiger partial charge >= 0.3 is 0 Å². The van der Waals surface area contributed by atoms with Gasteiger partial charge in [0, 0.05) is 25.6 Å². The Morgan fingerprint density at radius 2 is 2.20 bits per heavy atom. The van der Waals surface area contributed by atoms with Gasteiger partial charge < -0.3 is 10.6 Å². The van der Waals surface area contributed by atoms with Crippen LogP contribution in [0.25, 0.3) is 10.2 Å². The maximum absolute atomic E-state index is 13.0. The summed E-state index contributed by atoms with van der Waals surface area (Å²) in [5.41, 5.74) is 0.798. The van der Waals surface area contributed by atoms with E-state index in [-0.39, 0.29) is 17.5 Å². The summed E-state index contributed by atoms with van der Waals surface area (Å²) in [6.07, 6.45) is 6.15. The summed E-state index contributed by atoms with van der Waals surface area (Å²) in [7, 11) is 0. The molecule has 1 fully saturated rings. The third-order valence-electron chi connectivity index (χ3n) is 5.25. The lowest BCUT2D eigenvalue weighted by Crippen LogP contribution is -2.45. The maximum Gasteiger partial charge on any atom is 0.262 e. The van der Waals surface area contributed by atoms with E-state index in [1.165, 1.54) is 11.3 Å². The first-order valence-electron chi connectivity index (χ1n) is 9.19. The van der Waals surface area contributed by atoms with Crippen LogP contribution in [0.1, 0.15) is 53.2 Å². The number of nitrogens with zero attached hydrogens (tertiary/aromatic N) is 2. The molecule has 4 rings (SSSR count). The van der Waals surface area contributed by atoms with Crippen molar-refractivity contribution < 1.29 is 4.79 Å². The van der Waals surface area contributed by atoms with Gasteiger partial charge in [-0.15, -0.1) is 11.3 Å². The number of aromatic nitrogens is 2. The fourth-order valence-electron chi connectivity index (χ4n) is 3.85. The van der Waals surface area contributed by atoms with E-state index in [4.69, 9.17) is 4.98 Å². The summed E-state index contributed by atoms with van der Waals surface area (Å²) in [5.74, 6) is 0.800. The Bertz CT molecular complexity index is 864. The molecule has 134 valence electrons. The first-order chi connectivity index (χ1) is 12.1. The highest BCUT2D eigenvalue weighted by Crippen LogP contribution is 2.28. The lowest BCUT2D eigenvalue weighted by molar-refractivity contribution is 0.0934. The van der Waals surface area contributed by atoms with Crippen LogP contribution in [0.4, 0.5) is 0 Å². The molecule has 2 aromatic heterocycles. The van der Waals surface area contributed by atoms with Gasteiger partial charge in [-0.3, -0.25) is 14.2 Å². The molecule has 0 saturated carbocycles. The Kier molecular flexibility index (Phi) is 4.60. The predicted molar refractivity (Wildman–Crippen MR) is 99.5 cm³/mol. The monoisotopic (exact) mass is 360 g/mol. The van der Waals surface area contributed by atoms with Crippen molar-refractivity contribution in [3.8, 4) is 0 Å². The van der Waals surface area contributed by atoms with Gasteiger partial charge in [-0.2, -0.15) is 0 Å². The molecule has 2 aromatic rings. The summed E-state index contributed by atoms with van der Waals surface area (Å²) in [4.78, 5) is 31.8. The molecule has 0 aliphatic carbocycles. The Labute approximate surface area is 150 Å². The largest absolute Gasteiger partial charge is 0.347 e. The van der Waals surface area contributed by atoms with E-state index >= 15 is 0 Å². The quantitative estimate of drug-likeness (QED) is 0.859. The Morgan fingerprint density at radius 1 is 1.32 bits per heavy atom. The average molecular weight is 360 g/mol. The number of hydrogen-bond acceptors (Lipinski definition) is 5. The smallest absolute Gasteiger partial charge is 0.262 e. The molecule has 0 aromatic carbocycles. The standard InChI is InChI=1S/C18H24N4O2S/c1-11-14-17(21-13-7-3-2-4-9-22(13)18(14)24)25-15(11)16(23)20-12-6-5-8-19-10-12/h12,19H,2-10H2,1H3,(H,20,23). The molecular weight excluding hydrogens is 336 g/mol. The fourth-order valence-corrected chi connectivity index (χ4v) is 4.95. The average Bonchev–Trinajstić information content (AvgIpc) is 2.79. The first-order valence-corrected chi connectivity index (χ1v) is 10.0. The van der Waals surface area contributed by atoms with Crippen molar-refractivity contribution in [2.45, 2.75) is 58.0 Å². The molecule has 2 N–H and O–H groups in total. The van der Waals surface area contributed by atoms with Crippen LogP contribution in [0.3, 0.4) is 0 Å². The number of amides is 1. The summed E-state index contributed by atoms with van der Waals surface area (Å²) >= 11 is 1.36. The van der Waals surface area contributed by atoms with Crippen molar-refractivity contribution in [1.82, 2.24) is 20.2 Å². The molecule has 1 unspecified atom stereocenters. The number of nitrogens with one attached hydrogen (secondary N) is 2. The number of thiophene rings is 1. The third-order valence-corrected chi connectivity index (χ3v) is 6.43. The highest BCUT2D eigenvalue weighted by atomic mass is 32.1. The fraction of sp³-hybridized carbons (Fsp3) is 0.611. The lowest BCUT2D eigenvalue weighted by atomic mass is 10.1. The topological polar surface area (TPSA) is 76.0 Å². The minimum Gasteiger partial charge on any atom is -0.347 e. The molecule has 1 amide bonds. The van der Waals surface area contributed by atoms with Gasteiger partial charge in [0.05, 0.1) is 10.3 Å². The molecular formula is C18H24N4O2S. The second kappa shape index (κ2) is 6.88. The molecule has 1 saturated heterocycles. The summed E-state index contributed by atoms with van der Waals surface area (Å²) in [6.45, 7) is 4.44. The number of hydrogen-bond donors (Lipinski definition) is 2. The molecule has 4 heterocycles. The minimum atomic E-state index is -0.0752. The van der Waals surface area contributed by atoms with Crippen molar-refractivity contribution in [1.29, 1.82) is 0 Å². The van der Waals surface area contributed by atoms with E-state index in [0.717, 1.165) is 69.5 Å². The van der Waals surface area contributed by atoms with Crippen LogP contribution >= 0.6 is 11.3 Å². The number of rotatable bonds is 2. The molecule has 1 atom stereocenters.